The van der Waals surface area contributed by atoms with Gasteiger partial charge >= 0.3 is 11.9 Å². The number of anilines is 1. The zero-order chi connectivity index (χ0) is 37.1. The van der Waals surface area contributed by atoms with E-state index in [2.05, 4.69) is 22.4 Å². The lowest BCUT2D eigenvalue weighted by atomic mass is 10.0. The summed E-state index contributed by atoms with van der Waals surface area (Å²) < 4.78 is 10.9. The van der Waals surface area contributed by atoms with Gasteiger partial charge in [0, 0.05) is 0 Å². The van der Waals surface area contributed by atoms with Crippen LogP contribution in [0.5, 0.6) is 5.75 Å². The van der Waals surface area contributed by atoms with Crippen LogP contribution in [0.15, 0.2) is 72.3 Å². The Labute approximate surface area is 310 Å². The van der Waals surface area contributed by atoms with Crippen molar-refractivity contribution in [3.05, 3.63) is 88.5 Å². The SMILES string of the molecule is CCCCCCCCCCCCCCCCOC(=O)c1ccc(Cl)c(NC(=O)/C(=C\n2nc3ccc(C(=O)Oc4ccccc4)cc3n2)C(C)=O)c1. The van der Waals surface area contributed by atoms with Crippen molar-refractivity contribution < 1.29 is 28.7 Å². The van der Waals surface area contributed by atoms with Gasteiger partial charge in [0.2, 0.25) is 0 Å². The summed E-state index contributed by atoms with van der Waals surface area (Å²) in [4.78, 5) is 52.2. The van der Waals surface area contributed by atoms with Crippen molar-refractivity contribution in [2.24, 2.45) is 0 Å². The number of hydrogen-bond donors (Lipinski definition) is 1. The van der Waals surface area contributed by atoms with Crippen molar-refractivity contribution in [3.63, 3.8) is 0 Å². The first-order valence-electron chi connectivity index (χ1n) is 18.4. The molecule has 0 spiro atoms. The second-order valence-electron chi connectivity index (χ2n) is 12.9. The minimum atomic E-state index is -0.768. The standard InChI is InChI=1S/C41H49ClN4O6/c1-3-4-5-6-7-8-9-10-11-12-13-14-15-19-26-51-40(49)31-22-24-35(42)37(27-31)43-39(48)34(30(2)47)29-46-44-36-25-23-32(28-38(36)45-46)41(50)52-33-20-17-16-18-21-33/h16-18,20-25,27-29H,3-15,19,26H2,1-2H3,(H,43,48)/b34-29-. The van der Waals surface area contributed by atoms with Crippen molar-refractivity contribution in [2.45, 2.75) is 104 Å². The van der Waals surface area contributed by atoms with E-state index in [-0.39, 0.29) is 27.4 Å². The molecule has 0 radical (unpaired) electrons. The van der Waals surface area contributed by atoms with Gasteiger partial charge in [0.15, 0.2) is 5.78 Å². The number of nitrogens with one attached hydrogen (secondary N) is 1. The highest BCUT2D eigenvalue weighted by Crippen LogP contribution is 2.25. The van der Waals surface area contributed by atoms with E-state index in [0.717, 1.165) is 24.1 Å². The van der Waals surface area contributed by atoms with Crippen molar-refractivity contribution in [1.29, 1.82) is 0 Å². The molecule has 0 aliphatic rings. The topological polar surface area (TPSA) is 129 Å². The zero-order valence-corrected chi connectivity index (χ0v) is 31.0. The van der Waals surface area contributed by atoms with Gasteiger partial charge in [0.1, 0.15) is 22.4 Å². The van der Waals surface area contributed by atoms with E-state index in [9.17, 15) is 19.2 Å². The fourth-order valence-corrected chi connectivity index (χ4v) is 5.84. The molecule has 0 bridgehead atoms. The minimum absolute atomic E-state index is 0.143. The maximum atomic E-state index is 13.2. The number of amides is 1. The number of para-hydroxylation sites is 1. The highest BCUT2D eigenvalue weighted by atomic mass is 35.5. The monoisotopic (exact) mass is 728 g/mol. The van der Waals surface area contributed by atoms with Gasteiger partial charge in [0.25, 0.3) is 5.91 Å². The molecule has 0 unspecified atom stereocenters. The summed E-state index contributed by atoms with van der Waals surface area (Å²) in [6.07, 6.45) is 18.6. The number of esters is 2. The number of benzene rings is 3. The summed E-state index contributed by atoms with van der Waals surface area (Å²) in [5.41, 5.74) is 1.14. The third-order valence-electron chi connectivity index (χ3n) is 8.64. The molecule has 1 aromatic heterocycles. The minimum Gasteiger partial charge on any atom is -0.462 e. The molecular weight excluding hydrogens is 680 g/mol. The molecule has 4 rings (SSSR count). The molecule has 0 fully saturated rings. The van der Waals surface area contributed by atoms with E-state index >= 15 is 0 Å². The Balaban J connectivity index is 1.24. The van der Waals surface area contributed by atoms with Crippen LogP contribution in [0.25, 0.3) is 17.2 Å². The Bertz CT molecular complexity index is 1820. The van der Waals surface area contributed by atoms with E-state index in [1.165, 1.54) is 108 Å². The van der Waals surface area contributed by atoms with Crippen molar-refractivity contribution in [3.8, 4) is 5.75 Å². The number of rotatable bonds is 22. The number of halogens is 1. The molecule has 3 aromatic carbocycles. The van der Waals surface area contributed by atoms with Gasteiger partial charge in [-0.05, 0) is 61.9 Å². The van der Waals surface area contributed by atoms with E-state index in [1.807, 2.05) is 6.07 Å². The number of Topliss-reactive ketones (excluding diaryl/α,β-unsaturated/α-hetero) is 1. The third kappa shape index (κ3) is 13.1. The van der Waals surface area contributed by atoms with Crippen molar-refractivity contribution in [2.75, 3.05) is 11.9 Å². The van der Waals surface area contributed by atoms with Crippen LogP contribution in [-0.4, -0.2) is 45.2 Å². The molecule has 10 nitrogen and oxygen atoms in total. The fraction of sp³-hybridized carbons (Fsp3) is 0.415. The van der Waals surface area contributed by atoms with Gasteiger partial charge in [-0.25, -0.2) is 9.59 Å². The molecule has 52 heavy (non-hydrogen) atoms. The summed E-state index contributed by atoms with van der Waals surface area (Å²) in [6, 6.07) is 17.7. The van der Waals surface area contributed by atoms with E-state index in [0.29, 0.717) is 23.4 Å². The molecule has 1 N–H and O–H groups in total. The Kier molecular flexibility index (Phi) is 16.5. The predicted molar refractivity (Wildman–Crippen MR) is 205 cm³/mol. The Hall–Kier alpha value is -4.83. The van der Waals surface area contributed by atoms with Crippen LogP contribution in [0.4, 0.5) is 5.69 Å². The number of carbonyl (C=O) groups excluding carboxylic acids is 4. The highest BCUT2D eigenvalue weighted by molar-refractivity contribution is 6.35. The van der Waals surface area contributed by atoms with Crippen LogP contribution < -0.4 is 10.1 Å². The molecule has 0 aliphatic heterocycles. The van der Waals surface area contributed by atoms with Gasteiger partial charge in [0.05, 0.1) is 34.6 Å². The summed E-state index contributed by atoms with van der Waals surface area (Å²) in [5.74, 6) is -2.01. The number of fused-ring (bicyclic) bond motifs is 1. The summed E-state index contributed by atoms with van der Waals surface area (Å²) in [5, 5.41) is 11.4. The molecular formula is C41H49ClN4O6. The number of aromatic nitrogens is 3. The molecule has 276 valence electrons. The molecule has 11 heteroatoms. The smallest absolute Gasteiger partial charge is 0.343 e. The van der Waals surface area contributed by atoms with Gasteiger partial charge in [-0.3, -0.25) is 9.59 Å². The number of carbonyl (C=O) groups is 4. The first-order valence-corrected chi connectivity index (χ1v) is 18.8. The molecule has 1 amide bonds. The Morgan fingerprint density at radius 1 is 0.712 bits per heavy atom. The molecule has 4 aromatic rings. The van der Waals surface area contributed by atoms with E-state index in [1.54, 1.807) is 36.4 Å². The van der Waals surface area contributed by atoms with Crippen molar-refractivity contribution >= 4 is 58.2 Å². The summed E-state index contributed by atoms with van der Waals surface area (Å²) in [7, 11) is 0. The van der Waals surface area contributed by atoms with Crippen LogP contribution in [0, 0.1) is 0 Å². The van der Waals surface area contributed by atoms with Gasteiger partial charge in [-0.2, -0.15) is 4.80 Å². The average Bonchev–Trinajstić information content (AvgIpc) is 3.55. The lowest BCUT2D eigenvalue weighted by molar-refractivity contribution is -0.118. The van der Waals surface area contributed by atoms with Gasteiger partial charge < -0.3 is 14.8 Å². The zero-order valence-electron chi connectivity index (χ0n) is 30.2. The number of ketones is 1. The first kappa shape index (κ1) is 39.9. The summed E-state index contributed by atoms with van der Waals surface area (Å²) >= 11 is 6.34. The van der Waals surface area contributed by atoms with Crippen LogP contribution in [0.2, 0.25) is 5.02 Å². The van der Waals surface area contributed by atoms with E-state index < -0.39 is 23.6 Å². The molecule has 0 aliphatic carbocycles. The lowest BCUT2D eigenvalue weighted by Crippen LogP contribution is -2.20. The maximum Gasteiger partial charge on any atom is 0.343 e. The van der Waals surface area contributed by atoms with E-state index in [4.69, 9.17) is 21.1 Å². The predicted octanol–water partition coefficient (Wildman–Crippen LogP) is 10.0. The first-order chi connectivity index (χ1) is 25.2. The van der Waals surface area contributed by atoms with Crippen molar-refractivity contribution in [1.82, 2.24) is 15.0 Å². The Morgan fingerprint density at radius 3 is 1.92 bits per heavy atom. The number of ether oxygens (including phenoxy) is 2. The van der Waals surface area contributed by atoms with Crippen LogP contribution in [0.1, 0.15) is 124 Å². The molecule has 0 saturated heterocycles. The molecule has 1 heterocycles. The quantitative estimate of drug-likeness (QED) is 0.0211. The molecule has 0 atom stereocenters. The summed E-state index contributed by atoms with van der Waals surface area (Å²) in [6.45, 7) is 3.79. The normalized spacial score (nSPS) is 11.4. The maximum absolute atomic E-state index is 13.2. The lowest BCUT2D eigenvalue weighted by Gasteiger charge is -2.11. The van der Waals surface area contributed by atoms with Crippen LogP contribution in [0.3, 0.4) is 0 Å². The highest BCUT2D eigenvalue weighted by Gasteiger charge is 2.19. The fourth-order valence-electron chi connectivity index (χ4n) is 5.68. The second-order valence-corrected chi connectivity index (χ2v) is 13.3. The Morgan fingerprint density at radius 2 is 1.29 bits per heavy atom. The van der Waals surface area contributed by atoms with Crippen LogP contribution in [-0.2, 0) is 14.3 Å². The third-order valence-corrected chi connectivity index (χ3v) is 8.96. The second kappa shape index (κ2) is 21.5. The average molecular weight is 729 g/mol. The number of hydrogen-bond acceptors (Lipinski definition) is 8. The molecule has 0 saturated carbocycles. The van der Waals surface area contributed by atoms with Gasteiger partial charge in [-0.15, -0.1) is 10.2 Å². The number of unbranched alkanes of at least 4 members (excludes halogenated alkanes) is 13. The van der Waals surface area contributed by atoms with Gasteiger partial charge in [-0.1, -0.05) is 120 Å². The number of nitrogens with zero attached hydrogens (tertiary/aromatic N) is 3. The largest absolute Gasteiger partial charge is 0.462 e. The van der Waals surface area contributed by atoms with Crippen LogP contribution >= 0.6 is 11.6 Å².